The van der Waals surface area contributed by atoms with Crippen LogP contribution < -0.4 is 16.5 Å². The Morgan fingerprint density at radius 1 is 1.03 bits per heavy atom. The number of para-hydroxylation sites is 1. The van der Waals surface area contributed by atoms with Crippen molar-refractivity contribution < 1.29 is 14.3 Å². The number of rotatable bonds is 11. The molecule has 0 aromatic heterocycles. The van der Waals surface area contributed by atoms with Crippen LogP contribution in [0.1, 0.15) is 41.6 Å². The van der Waals surface area contributed by atoms with E-state index >= 15 is 0 Å². The number of carbonyl (C=O) groups excluding carboxylic acids is 2. The van der Waals surface area contributed by atoms with Crippen LogP contribution in [-0.2, 0) is 16.1 Å². The van der Waals surface area contributed by atoms with Crippen LogP contribution in [0.15, 0.2) is 58.9 Å². The van der Waals surface area contributed by atoms with Gasteiger partial charge in [-0.3, -0.25) is 9.59 Å². The van der Waals surface area contributed by atoms with Crippen LogP contribution in [-0.4, -0.2) is 25.5 Å². The van der Waals surface area contributed by atoms with Crippen LogP contribution in [0.2, 0.25) is 0 Å². The summed E-state index contributed by atoms with van der Waals surface area (Å²) >= 11 is 0. The molecule has 8 nitrogen and oxygen atoms in total. The van der Waals surface area contributed by atoms with Crippen LogP contribution in [0.5, 0.6) is 0 Å². The molecule has 4 N–H and O–H groups in total. The summed E-state index contributed by atoms with van der Waals surface area (Å²) in [5.41, 5.74) is 2.58. The molecule has 0 saturated carbocycles. The summed E-state index contributed by atoms with van der Waals surface area (Å²) in [6.07, 6.45) is 2.74. The number of ether oxygens (including phenoxy) is 1. The van der Waals surface area contributed by atoms with Gasteiger partial charge in [-0.1, -0.05) is 42.0 Å². The van der Waals surface area contributed by atoms with Crippen molar-refractivity contribution in [1.29, 1.82) is 0 Å². The van der Waals surface area contributed by atoms with Crippen molar-refractivity contribution in [3.63, 3.8) is 0 Å². The number of nitrogens with two attached hydrogens (primary N) is 1. The van der Waals surface area contributed by atoms with E-state index < -0.39 is 0 Å². The highest BCUT2D eigenvalue weighted by atomic mass is 16.5. The third-order valence-electron chi connectivity index (χ3n) is 4.27. The molecule has 0 atom stereocenters. The van der Waals surface area contributed by atoms with Crippen molar-refractivity contribution >= 4 is 23.2 Å². The molecule has 2 rings (SSSR count). The summed E-state index contributed by atoms with van der Waals surface area (Å²) in [6.45, 7) is 0.954. The zero-order chi connectivity index (χ0) is 20.9. The zero-order valence-electron chi connectivity index (χ0n) is 16.6. The van der Waals surface area contributed by atoms with Gasteiger partial charge < -0.3 is 21.2 Å². The molecule has 0 aliphatic heterocycles. The number of benzene rings is 2. The maximum atomic E-state index is 12.3. The predicted octanol–water partition coefficient (Wildman–Crippen LogP) is 3.72. The fourth-order valence-corrected chi connectivity index (χ4v) is 2.85. The molecule has 0 aliphatic rings. The smallest absolute Gasteiger partial charge is 0.251 e. The lowest BCUT2D eigenvalue weighted by molar-refractivity contribution is -0.116. The maximum Gasteiger partial charge on any atom is 0.251 e. The highest BCUT2D eigenvalue weighted by Crippen LogP contribution is 2.24. The molecule has 154 valence electrons. The summed E-state index contributed by atoms with van der Waals surface area (Å²) < 4.78 is 5.13. The first-order valence-corrected chi connectivity index (χ1v) is 9.50. The van der Waals surface area contributed by atoms with Gasteiger partial charge in [0.1, 0.15) is 5.69 Å². The van der Waals surface area contributed by atoms with E-state index in [2.05, 4.69) is 21.0 Å². The van der Waals surface area contributed by atoms with E-state index in [-0.39, 0.29) is 11.8 Å². The first kappa shape index (κ1) is 22.0. The van der Waals surface area contributed by atoms with Crippen LogP contribution in [0.4, 0.5) is 11.4 Å². The number of nitrogens with one attached hydrogen (secondary N) is 2. The van der Waals surface area contributed by atoms with Gasteiger partial charge in [0, 0.05) is 25.6 Å². The lowest BCUT2D eigenvalue weighted by Gasteiger charge is -2.10. The van der Waals surface area contributed by atoms with E-state index in [0.29, 0.717) is 36.5 Å². The van der Waals surface area contributed by atoms with Gasteiger partial charge in [-0.25, -0.2) is 0 Å². The zero-order valence-corrected chi connectivity index (χ0v) is 16.6. The Hall–Kier alpha value is -3.26. The number of hydrogen-bond donors (Lipinski definition) is 3. The second-order valence-electron chi connectivity index (χ2n) is 6.44. The summed E-state index contributed by atoms with van der Waals surface area (Å²) in [7, 11) is 1.60. The second-order valence-corrected chi connectivity index (χ2v) is 6.44. The third-order valence-corrected chi connectivity index (χ3v) is 4.27. The molecule has 0 saturated heterocycles. The fourth-order valence-electron chi connectivity index (χ4n) is 2.85. The molecule has 8 heteroatoms. The van der Waals surface area contributed by atoms with Gasteiger partial charge in [0.05, 0.1) is 12.3 Å². The molecule has 29 heavy (non-hydrogen) atoms. The van der Waals surface area contributed by atoms with Crippen LogP contribution in [0, 0.1) is 0 Å². The Bertz CT molecular complexity index is 839. The molecule has 2 aromatic rings. The van der Waals surface area contributed by atoms with Crippen molar-refractivity contribution in [1.82, 2.24) is 5.32 Å². The highest BCUT2D eigenvalue weighted by molar-refractivity contribution is 5.95. The first-order chi connectivity index (χ1) is 14.2. The molecule has 0 bridgehead atoms. The number of carbonyl (C=O) groups is 2. The summed E-state index contributed by atoms with van der Waals surface area (Å²) in [5.74, 6) is 4.87. The molecule has 2 amide bonds. The molecule has 0 radical (unpaired) electrons. The van der Waals surface area contributed by atoms with E-state index in [9.17, 15) is 9.59 Å². The lowest BCUT2D eigenvalue weighted by atomic mass is 10.1. The van der Waals surface area contributed by atoms with E-state index in [0.717, 1.165) is 24.8 Å². The average Bonchev–Trinajstić information content (AvgIpc) is 2.72. The van der Waals surface area contributed by atoms with E-state index in [1.54, 1.807) is 37.4 Å². The molecular weight excluding hydrogens is 370 g/mol. The number of methoxy groups -OCH3 is 1. The monoisotopic (exact) mass is 397 g/mol. The van der Waals surface area contributed by atoms with Crippen LogP contribution >= 0.6 is 0 Å². The summed E-state index contributed by atoms with van der Waals surface area (Å²) in [5, 5.41) is 12.8. The van der Waals surface area contributed by atoms with Crippen molar-refractivity contribution in [2.75, 3.05) is 19.0 Å². The number of unbranched alkanes of at least 4 members (excludes halogenated alkanes) is 2. The van der Waals surface area contributed by atoms with E-state index in [4.69, 9.17) is 10.6 Å². The average molecular weight is 397 g/mol. The fraction of sp³-hybridized carbons (Fsp3) is 0.333. The lowest BCUT2D eigenvalue weighted by Crippen LogP contribution is -2.25. The standard InChI is InChI=1S/C21H27N5O3/c1-29-15-16-9-4-5-10-17(16)21(28)23-14-8-2-3-13-20(27)24-18-11-6-7-12-19(18)25-26-22/h4-7,9-12H,2-3,8,13-15H2,1H3,(H2,22,25)(H,23,28)(H,24,27). The van der Waals surface area contributed by atoms with Crippen LogP contribution in [0.3, 0.4) is 0 Å². The Morgan fingerprint density at radius 3 is 2.59 bits per heavy atom. The molecule has 0 heterocycles. The minimum absolute atomic E-state index is 0.0952. The Morgan fingerprint density at radius 2 is 1.79 bits per heavy atom. The number of hydrogen-bond acceptors (Lipinski definition) is 5. The molecule has 0 unspecified atom stereocenters. The molecular formula is C21H27N5O3. The van der Waals surface area contributed by atoms with Crippen molar-refractivity contribution in [3.05, 3.63) is 59.7 Å². The van der Waals surface area contributed by atoms with Gasteiger partial charge in [0.25, 0.3) is 5.91 Å². The molecule has 2 aromatic carbocycles. The molecule has 0 spiro atoms. The minimum Gasteiger partial charge on any atom is -0.380 e. The predicted molar refractivity (Wildman–Crippen MR) is 112 cm³/mol. The largest absolute Gasteiger partial charge is 0.380 e. The second kappa shape index (κ2) is 12.2. The van der Waals surface area contributed by atoms with Crippen molar-refractivity contribution in [2.45, 2.75) is 32.3 Å². The molecule has 0 aliphatic carbocycles. The topological polar surface area (TPSA) is 118 Å². The Balaban J connectivity index is 1.67. The van der Waals surface area contributed by atoms with Gasteiger partial charge in [0.2, 0.25) is 5.91 Å². The van der Waals surface area contributed by atoms with E-state index in [1.807, 2.05) is 18.2 Å². The van der Waals surface area contributed by atoms with Gasteiger partial charge in [-0.05, 0) is 36.6 Å². The Labute approximate surface area is 170 Å². The Kier molecular flexibility index (Phi) is 9.31. The normalized spacial score (nSPS) is 10.8. The number of amides is 2. The van der Waals surface area contributed by atoms with Gasteiger partial charge in [-0.2, -0.15) is 0 Å². The van der Waals surface area contributed by atoms with Gasteiger partial charge in [-0.15, -0.1) is 5.11 Å². The number of nitrogens with zero attached hydrogens (tertiary/aromatic N) is 2. The summed E-state index contributed by atoms with van der Waals surface area (Å²) in [6, 6.07) is 14.5. The van der Waals surface area contributed by atoms with Crippen LogP contribution in [0.25, 0.3) is 0 Å². The maximum absolute atomic E-state index is 12.3. The minimum atomic E-state index is -0.110. The quantitative estimate of drug-likeness (QED) is 0.232. The molecule has 0 fully saturated rings. The first-order valence-electron chi connectivity index (χ1n) is 9.50. The van der Waals surface area contributed by atoms with Gasteiger partial charge in [0.15, 0.2) is 0 Å². The third kappa shape index (κ3) is 7.34. The van der Waals surface area contributed by atoms with Crippen molar-refractivity contribution in [2.24, 2.45) is 16.2 Å². The van der Waals surface area contributed by atoms with Gasteiger partial charge >= 0.3 is 0 Å². The summed E-state index contributed by atoms with van der Waals surface area (Å²) in [4.78, 5) is 24.4. The SMILES string of the molecule is COCc1ccccc1C(=O)NCCCCCC(=O)Nc1ccccc1N=NN. The van der Waals surface area contributed by atoms with E-state index in [1.165, 1.54) is 0 Å². The highest BCUT2D eigenvalue weighted by Gasteiger charge is 2.10. The van der Waals surface area contributed by atoms with Crippen molar-refractivity contribution in [3.8, 4) is 0 Å². The number of anilines is 1.